The Labute approximate surface area is 139 Å². The van der Waals surface area contributed by atoms with E-state index in [0.29, 0.717) is 5.92 Å². The first-order chi connectivity index (χ1) is 10.8. The Balaban J connectivity index is 2.29. The molecule has 0 radical (unpaired) electrons. The molecule has 1 saturated carbocycles. The van der Waals surface area contributed by atoms with E-state index in [0.717, 1.165) is 19.3 Å². The summed E-state index contributed by atoms with van der Waals surface area (Å²) in [4.78, 5) is 27.3. The van der Waals surface area contributed by atoms with Crippen molar-refractivity contribution in [2.75, 3.05) is 14.1 Å². The summed E-state index contributed by atoms with van der Waals surface area (Å²) in [6.45, 7) is 5.36. The number of amides is 2. The van der Waals surface area contributed by atoms with Gasteiger partial charge in [0.05, 0.1) is 0 Å². The molecule has 1 fully saturated rings. The fraction of sp³-hybridized carbons (Fsp3) is 0.579. The molecular formula is C19H28N2O2. The molecule has 1 aromatic carbocycles. The smallest absolute Gasteiger partial charge is 0.219 e. The predicted octanol–water partition coefficient (Wildman–Crippen LogP) is 2.96. The molecule has 0 aliphatic heterocycles. The lowest BCUT2D eigenvalue weighted by Gasteiger charge is -2.42. The Bertz CT molecular complexity index is 556. The molecule has 4 nitrogen and oxygen atoms in total. The van der Waals surface area contributed by atoms with Gasteiger partial charge in [-0.15, -0.1) is 0 Å². The molecule has 2 atom stereocenters. The van der Waals surface area contributed by atoms with Crippen molar-refractivity contribution in [3.8, 4) is 0 Å². The van der Waals surface area contributed by atoms with E-state index in [1.54, 1.807) is 13.8 Å². The van der Waals surface area contributed by atoms with E-state index in [-0.39, 0.29) is 23.9 Å². The molecule has 126 valence electrons. The van der Waals surface area contributed by atoms with Gasteiger partial charge in [0.15, 0.2) is 0 Å². The van der Waals surface area contributed by atoms with Crippen LogP contribution in [0.5, 0.6) is 0 Å². The maximum absolute atomic E-state index is 11.8. The van der Waals surface area contributed by atoms with Gasteiger partial charge in [-0.05, 0) is 43.2 Å². The Morgan fingerprint density at radius 3 is 1.83 bits per heavy atom. The normalized spacial score (nSPS) is 24.1. The number of benzene rings is 1. The minimum atomic E-state index is 0.0876. The van der Waals surface area contributed by atoms with Crippen LogP contribution in [0.1, 0.15) is 50.2 Å². The second kappa shape index (κ2) is 7.16. The van der Waals surface area contributed by atoms with Crippen molar-refractivity contribution in [3.63, 3.8) is 0 Å². The molecule has 0 N–H and O–H groups in total. The molecule has 0 heterocycles. The van der Waals surface area contributed by atoms with Crippen molar-refractivity contribution in [2.24, 2.45) is 0 Å². The number of rotatable bonds is 3. The SMILES string of the molecule is CC(=O)N(C)C1CC(c2ccccc2C)CC(N(C)C(C)=O)C1. The van der Waals surface area contributed by atoms with Gasteiger partial charge in [0.2, 0.25) is 11.8 Å². The number of hydrogen-bond acceptors (Lipinski definition) is 2. The summed E-state index contributed by atoms with van der Waals surface area (Å²) in [6, 6.07) is 8.80. The van der Waals surface area contributed by atoms with Crippen LogP contribution in [0.15, 0.2) is 24.3 Å². The number of hydrogen-bond donors (Lipinski definition) is 0. The van der Waals surface area contributed by atoms with E-state index >= 15 is 0 Å². The van der Waals surface area contributed by atoms with Gasteiger partial charge >= 0.3 is 0 Å². The van der Waals surface area contributed by atoms with Crippen LogP contribution in [0.25, 0.3) is 0 Å². The lowest BCUT2D eigenvalue weighted by molar-refractivity contribution is -0.132. The highest BCUT2D eigenvalue weighted by Gasteiger charge is 2.35. The average Bonchev–Trinajstić information content (AvgIpc) is 2.53. The molecular weight excluding hydrogens is 288 g/mol. The maximum Gasteiger partial charge on any atom is 0.219 e. The van der Waals surface area contributed by atoms with Crippen molar-refractivity contribution < 1.29 is 9.59 Å². The molecule has 2 amide bonds. The van der Waals surface area contributed by atoms with Crippen LogP contribution in [0, 0.1) is 6.92 Å². The van der Waals surface area contributed by atoms with Crippen molar-refractivity contribution >= 4 is 11.8 Å². The molecule has 0 aromatic heterocycles. The first-order valence-corrected chi connectivity index (χ1v) is 8.33. The molecule has 0 saturated heterocycles. The number of carbonyl (C=O) groups excluding carboxylic acids is 2. The van der Waals surface area contributed by atoms with Gasteiger partial charge in [0.25, 0.3) is 0 Å². The van der Waals surface area contributed by atoms with E-state index in [2.05, 4.69) is 31.2 Å². The van der Waals surface area contributed by atoms with Crippen LogP contribution in [0.2, 0.25) is 0 Å². The van der Waals surface area contributed by atoms with Crippen molar-refractivity contribution in [3.05, 3.63) is 35.4 Å². The van der Waals surface area contributed by atoms with Crippen LogP contribution in [0.3, 0.4) is 0 Å². The van der Waals surface area contributed by atoms with Crippen LogP contribution in [-0.4, -0.2) is 47.8 Å². The van der Waals surface area contributed by atoms with Crippen LogP contribution in [0.4, 0.5) is 0 Å². The Morgan fingerprint density at radius 2 is 1.39 bits per heavy atom. The Morgan fingerprint density at radius 1 is 0.913 bits per heavy atom. The first kappa shape index (κ1) is 17.5. The predicted molar refractivity (Wildman–Crippen MR) is 92.2 cm³/mol. The van der Waals surface area contributed by atoms with Gasteiger partial charge in [0.1, 0.15) is 0 Å². The summed E-state index contributed by atoms with van der Waals surface area (Å²) in [5.41, 5.74) is 2.63. The van der Waals surface area contributed by atoms with Gasteiger partial charge in [0, 0.05) is 40.0 Å². The van der Waals surface area contributed by atoms with Gasteiger partial charge in [-0.1, -0.05) is 24.3 Å². The third-order valence-electron chi connectivity index (χ3n) is 5.37. The number of carbonyl (C=O) groups is 2. The van der Waals surface area contributed by atoms with E-state index in [1.807, 2.05) is 23.9 Å². The third kappa shape index (κ3) is 3.92. The maximum atomic E-state index is 11.8. The second-order valence-corrected chi connectivity index (χ2v) is 6.83. The largest absolute Gasteiger partial charge is 0.343 e. The standard InChI is InChI=1S/C19H28N2O2/c1-13-8-6-7-9-19(13)16-10-17(20(4)14(2)22)12-18(11-16)21(5)15(3)23/h6-9,16-18H,10-12H2,1-5H3. The van der Waals surface area contributed by atoms with E-state index in [1.165, 1.54) is 11.1 Å². The summed E-state index contributed by atoms with van der Waals surface area (Å²) in [7, 11) is 3.75. The highest BCUT2D eigenvalue weighted by Crippen LogP contribution is 2.38. The summed E-state index contributed by atoms with van der Waals surface area (Å²) in [6.07, 6.45) is 2.78. The third-order valence-corrected chi connectivity index (χ3v) is 5.37. The summed E-state index contributed by atoms with van der Waals surface area (Å²) >= 11 is 0. The monoisotopic (exact) mass is 316 g/mol. The summed E-state index contributed by atoms with van der Waals surface area (Å²) in [5.74, 6) is 0.554. The molecule has 2 unspecified atom stereocenters. The van der Waals surface area contributed by atoms with Gasteiger partial charge in [-0.3, -0.25) is 9.59 Å². The van der Waals surface area contributed by atoms with E-state index < -0.39 is 0 Å². The Kier molecular flexibility index (Phi) is 5.45. The van der Waals surface area contributed by atoms with Crippen LogP contribution >= 0.6 is 0 Å². The quantitative estimate of drug-likeness (QED) is 0.860. The molecule has 0 spiro atoms. The molecule has 23 heavy (non-hydrogen) atoms. The first-order valence-electron chi connectivity index (χ1n) is 8.33. The van der Waals surface area contributed by atoms with E-state index in [4.69, 9.17) is 0 Å². The molecule has 0 bridgehead atoms. The highest BCUT2D eigenvalue weighted by molar-refractivity contribution is 5.74. The van der Waals surface area contributed by atoms with Crippen LogP contribution in [-0.2, 0) is 9.59 Å². The molecule has 1 aliphatic carbocycles. The zero-order chi connectivity index (χ0) is 17.1. The summed E-state index contributed by atoms with van der Waals surface area (Å²) in [5, 5.41) is 0. The average molecular weight is 316 g/mol. The molecule has 1 aliphatic rings. The van der Waals surface area contributed by atoms with Crippen molar-refractivity contribution in [1.29, 1.82) is 0 Å². The lowest BCUT2D eigenvalue weighted by atomic mass is 9.76. The Hall–Kier alpha value is -1.84. The number of aryl methyl sites for hydroxylation is 1. The molecule has 4 heteroatoms. The van der Waals surface area contributed by atoms with Crippen LogP contribution < -0.4 is 0 Å². The van der Waals surface area contributed by atoms with Gasteiger partial charge < -0.3 is 9.80 Å². The fourth-order valence-corrected chi connectivity index (χ4v) is 3.71. The molecule has 2 rings (SSSR count). The zero-order valence-electron chi connectivity index (χ0n) is 14.9. The second-order valence-electron chi connectivity index (χ2n) is 6.83. The zero-order valence-corrected chi connectivity index (χ0v) is 14.9. The van der Waals surface area contributed by atoms with Crippen molar-refractivity contribution in [1.82, 2.24) is 9.80 Å². The van der Waals surface area contributed by atoms with Gasteiger partial charge in [-0.25, -0.2) is 0 Å². The lowest BCUT2D eigenvalue weighted by Crippen LogP contribution is -2.48. The van der Waals surface area contributed by atoms with Gasteiger partial charge in [-0.2, -0.15) is 0 Å². The highest BCUT2D eigenvalue weighted by atomic mass is 16.2. The minimum absolute atomic E-state index is 0.0876. The minimum Gasteiger partial charge on any atom is -0.343 e. The van der Waals surface area contributed by atoms with Crippen molar-refractivity contribution in [2.45, 2.75) is 58.0 Å². The topological polar surface area (TPSA) is 40.6 Å². The number of nitrogens with zero attached hydrogens (tertiary/aromatic N) is 2. The molecule has 1 aromatic rings. The van der Waals surface area contributed by atoms with E-state index in [9.17, 15) is 9.59 Å². The summed E-state index contributed by atoms with van der Waals surface area (Å²) < 4.78 is 0. The fourth-order valence-electron chi connectivity index (χ4n) is 3.71.